The minimum absolute atomic E-state index is 0.235. The predicted molar refractivity (Wildman–Crippen MR) is 112 cm³/mol. The summed E-state index contributed by atoms with van der Waals surface area (Å²) >= 11 is 6.27. The van der Waals surface area contributed by atoms with Crippen molar-refractivity contribution in [3.05, 3.63) is 76.3 Å². The molecule has 7 heteroatoms. The molecule has 0 saturated carbocycles. The van der Waals surface area contributed by atoms with Gasteiger partial charge < -0.3 is 4.74 Å². The average molecular weight is 412 g/mol. The lowest BCUT2D eigenvalue weighted by Gasteiger charge is -2.23. The van der Waals surface area contributed by atoms with Crippen molar-refractivity contribution in [2.45, 2.75) is 25.8 Å². The van der Waals surface area contributed by atoms with Gasteiger partial charge in [0, 0.05) is 28.8 Å². The van der Waals surface area contributed by atoms with Crippen LogP contribution in [0.15, 0.2) is 64.3 Å². The van der Waals surface area contributed by atoms with E-state index in [2.05, 4.69) is 4.99 Å². The number of methoxy groups -OCH3 is 1. The fourth-order valence-corrected chi connectivity index (χ4v) is 3.84. The van der Waals surface area contributed by atoms with Crippen LogP contribution in [-0.4, -0.2) is 30.7 Å². The minimum Gasteiger partial charge on any atom is -0.469 e. The molecule has 0 unspecified atom stereocenters. The van der Waals surface area contributed by atoms with E-state index in [0.717, 1.165) is 22.8 Å². The van der Waals surface area contributed by atoms with Gasteiger partial charge in [-0.3, -0.25) is 19.7 Å². The van der Waals surface area contributed by atoms with Gasteiger partial charge in [0.05, 0.1) is 30.2 Å². The smallest absolute Gasteiger partial charge is 0.305 e. The maximum absolute atomic E-state index is 14.6. The van der Waals surface area contributed by atoms with E-state index in [9.17, 15) is 9.18 Å². The number of amidine groups is 1. The Balaban J connectivity index is 1.83. The fourth-order valence-electron chi connectivity index (χ4n) is 3.67. The van der Waals surface area contributed by atoms with E-state index >= 15 is 0 Å². The molecule has 0 saturated heterocycles. The van der Waals surface area contributed by atoms with Gasteiger partial charge >= 0.3 is 5.97 Å². The molecule has 0 aromatic heterocycles. The van der Waals surface area contributed by atoms with Gasteiger partial charge in [-0.2, -0.15) is 0 Å². The second kappa shape index (κ2) is 7.79. The van der Waals surface area contributed by atoms with Gasteiger partial charge in [0.15, 0.2) is 0 Å². The molecule has 2 aliphatic rings. The highest BCUT2D eigenvalue weighted by Gasteiger charge is 2.34. The molecule has 0 N–H and O–H groups in total. The molecule has 2 aromatic carbocycles. The molecule has 0 aliphatic carbocycles. The molecular weight excluding hydrogens is 393 g/mol. The van der Waals surface area contributed by atoms with Crippen LogP contribution in [0.25, 0.3) is 0 Å². The summed E-state index contributed by atoms with van der Waals surface area (Å²) in [5.41, 5.74) is 3.28. The Bertz CT molecular complexity index is 1080. The third kappa shape index (κ3) is 3.56. The zero-order chi connectivity index (χ0) is 20.5. The lowest BCUT2D eigenvalue weighted by atomic mass is 9.99. The summed E-state index contributed by atoms with van der Waals surface area (Å²) in [5, 5.41) is 0.535. The second-order valence-electron chi connectivity index (χ2n) is 6.82. The molecule has 148 valence electrons. The Kier molecular flexibility index (Phi) is 5.20. The zero-order valence-electron chi connectivity index (χ0n) is 16.0. The van der Waals surface area contributed by atoms with Gasteiger partial charge in [0.1, 0.15) is 11.7 Å². The molecule has 0 fully saturated rings. The Hall–Kier alpha value is -2.99. The third-order valence-corrected chi connectivity index (χ3v) is 5.26. The topological polar surface area (TPSA) is 54.3 Å². The number of ether oxygens (including phenoxy) is 1. The van der Waals surface area contributed by atoms with E-state index < -0.39 is 0 Å². The summed E-state index contributed by atoms with van der Waals surface area (Å²) in [6.45, 7) is 1.90. The number of carbonyl (C=O) groups is 1. The molecule has 2 heterocycles. The Morgan fingerprint density at radius 3 is 2.79 bits per heavy atom. The second-order valence-corrected chi connectivity index (χ2v) is 7.25. The van der Waals surface area contributed by atoms with Gasteiger partial charge in [0.2, 0.25) is 0 Å². The van der Waals surface area contributed by atoms with E-state index in [0.29, 0.717) is 22.7 Å². The first-order valence-electron chi connectivity index (χ1n) is 9.23. The van der Waals surface area contributed by atoms with Crippen LogP contribution in [0, 0.1) is 5.82 Å². The average Bonchev–Trinajstić information content (AvgIpc) is 2.92. The first-order chi connectivity index (χ1) is 14.0. The van der Waals surface area contributed by atoms with Crippen LogP contribution in [0.4, 0.5) is 10.1 Å². The summed E-state index contributed by atoms with van der Waals surface area (Å²) in [7, 11) is 1.37. The summed E-state index contributed by atoms with van der Waals surface area (Å²) in [4.78, 5) is 22.9. The summed E-state index contributed by atoms with van der Waals surface area (Å²) in [5.74, 6) is 0.137. The fraction of sp³-hybridized carbons (Fsp3) is 0.227. The predicted octanol–water partition coefficient (Wildman–Crippen LogP) is 4.73. The van der Waals surface area contributed by atoms with E-state index in [4.69, 9.17) is 21.3 Å². The number of halogens is 2. The van der Waals surface area contributed by atoms with E-state index in [1.54, 1.807) is 36.5 Å². The SMILES string of the molecule is COC(=O)CC[C@@H]1N=C(C)N2C1=CN=C(c1ccccc1F)c1cc(Cl)ccc12. The number of benzene rings is 2. The highest BCUT2D eigenvalue weighted by Crippen LogP contribution is 2.37. The summed E-state index contributed by atoms with van der Waals surface area (Å²) in [6, 6.07) is 11.7. The Morgan fingerprint density at radius 2 is 2.03 bits per heavy atom. The lowest BCUT2D eigenvalue weighted by Crippen LogP contribution is -2.26. The molecule has 0 bridgehead atoms. The largest absolute Gasteiger partial charge is 0.469 e. The van der Waals surface area contributed by atoms with E-state index in [1.807, 2.05) is 17.9 Å². The van der Waals surface area contributed by atoms with Crippen molar-refractivity contribution in [2.75, 3.05) is 12.0 Å². The Morgan fingerprint density at radius 1 is 1.24 bits per heavy atom. The maximum atomic E-state index is 14.6. The molecular formula is C22H19ClFN3O2. The number of nitrogens with zero attached hydrogens (tertiary/aromatic N) is 3. The number of hydrogen-bond donors (Lipinski definition) is 0. The van der Waals surface area contributed by atoms with Gasteiger partial charge in [-0.1, -0.05) is 23.7 Å². The molecule has 29 heavy (non-hydrogen) atoms. The number of esters is 1. The molecule has 5 nitrogen and oxygen atoms in total. The minimum atomic E-state index is -0.356. The quantitative estimate of drug-likeness (QED) is 0.683. The standard InChI is InChI=1S/C22H19ClFN3O2/c1-13-26-18(8-10-21(28)29-2)20-12-25-22(15-5-3-4-6-17(15)24)16-11-14(23)7-9-19(16)27(13)20/h3-7,9,11-12,18H,8,10H2,1-2H3/t18-/m0/s1. The monoisotopic (exact) mass is 411 g/mol. The molecule has 0 amide bonds. The number of aliphatic imine (C=N–C) groups is 2. The van der Waals surface area contributed by atoms with Crippen LogP contribution in [0.2, 0.25) is 5.02 Å². The zero-order valence-corrected chi connectivity index (χ0v) is 16.8. The van der Waals surface area contributed by atoms with Crippen LogP contribution in [0.1, 0.15) is 30.9 Å². The number of rotatable bonds is 4. The summed E-state index contributed by atoms with van der Waals surface area (Å²) in [6.07, 6.45) is 2.46. The van der Waals surface area contributed by atoms with Crippen molar-refractivity contribution in [3.63, 3.8) is 0 Å². The Labute approximate surface area is 173 Å². The van der Waals surface area contributed by atoms with Crippen LogP contribution < -0.4 is 4.90 Å². The molecule has 0 radical (unpaired) electrons. The van der Waals surface area contributed by atoms with Crippen LogP contribution in [-0.2, 0) is 9.53 Å². The number of anilines is 1. The van der Waals surface area contributed by atoms with Crippen molar-refractivity contribution in [1.82, 2.24) is 0 Å². The lowest BCUT2D eigenvalue weighted by molar-refractivity contribution is -0.140. The van der Waals surface area contributed by atoms with Crippen LogP contribution in [0.5, 0.6) is 0 Å². The van der Waals surface area contributed by atoms with Crippen LogP contribution in [0.3, 0.4) is 0 Å². The van der Waals surface area contributed by atoms with Gasteiger partial charge in [-0.15, -0.1) is 0 Å². The van der Waals surface area contributed by atoms with Gasteiger partial charge in [-0.25, -0.2) is 4.39 Å². The normalized spacial score (nSPS) is 17.6. The highest BCUT2D eigenvalue weighted by atomic mass is 35.5. The molecule has 1 atom stereocenters. The molecule has 2 aromatic rings. The van der Waals surface area contributed by atoms with Crippen molar-refractivity contribution in [1.29, 1.82) is 0 Å². The first kappa shape index (κ1) is 19.3. The van der Waals surface area contributed by atoms with E-state index in [1.165, 1.54) is 13.2 Å². The first-order valence-corrected chi connectivity index (χ1v) is 9.61. The molecule has 2 aliphatic heterocycles. The number of carbonyl (C=O) groups excluding carboxylic acids is 1. The molecule has 0 spiro atoms. The van der Waals surface area contributed by atoms with Crippen LogP contribution >= 0.6 is 11.6 Å². The van der Waals surface area contributed by atoms with Crippen molar-refractivity contribution in [3.8, 4) is 0 Å². The van der Waals surface area contributed by atoms with Crippen molar-refractivity contribution < 1.29 is 13.9 Å². The van der Waals surface area contributed by atoms with Gasteiger partial charge in [-0.05, 0) is 43.7 Å². The van der Waals surface area contributed by atoms with E-state index in [-0.39, 0.29) is 24.2 Å². The van der Waals surface area contributed by atoms with Crippen molar-refractivity contribution >= 4 is 34.8 Å². The third-order valence-electron chi connectivity index (χ3n) is 5.02. The number of fused-ring (bicyclic) bond motifs is 3. The molecule has 4 rings (SSSR count). The summed E-state index contributed by atoms with van der Waals surface area (Å²) < 4.78 is 19.3. The number of hydrogen-bond acceptors (Lipinski definition) is 5. The highest BCUT2D eigenvalue weighted by molar-refractivity contribution is 6.32. The maximum Gasteiger partial charge on any atom is 0.305 e. The van der Waals surface area contributed by atoms with Gasteiger partial charge in [0.25, 0.3) is 0 Å². The van der Waals surface area contributed by atoms with Crippen molar-refractivity contribution in [2.24, 2.45) is 9.98 Å².